The molecule has 3 heteroatoms. The molecule has 0 aromatic heterocycles. The van der Waals surface area contributed by atoms with Crippen LogP contribution < -0.4 is 0 Å². The Morgan fingerprint density at radius 1 is 1.25 bits per heavy atom. The highest BCUT2D eigenvalue weighted by molar-refractivity contribution is 8.13. The van der Waals surface area contributed by atoms with Crippen molar-refractivity contribution in [1.82, 2.24) is 4.90 Å². The van der Waals surface area contributed by atoms with Crippen LogP contribution in [0.4, 0.5) is 0 Å². The molecule has 0 heterocycles. The van der Waals surface area contributed by atoms with Gasteiger partial charge in [0.05, 0.1) is 6.04 Å². The van der Waals surface area contributed by atoms with Gasteiger partial charge < -0.3 is 4.90 Å². The van der Waals surface area contributed by atoms with Gasteiger partial charge in [-0.2, -0.15) is 0 Å². The van der Waals surface area contributed by atoms with E-state index < -0.39 is 0 Å². The second-order valence-corrected chi connectivity index (χ2v) is 4.27. The highest BCUT2D eigenvalue weighted by Crippen LogP contribution is 2.09. The number of hydrogen-bond acceptors (Lipinski definition) is 2. The average Bonchev–Trinajstić information content (AvgIpc) is 1.98. The molecule has 1 atom stereocenters. The minimum absolute atomic E-state index is 0.412. The SMILES string of the molecule is CS/C(=N\[C@@H](C)C(C)C)N(C)C. The maximum atomic E-state index is 4.60. The zero-order chi connectivity index (χ0) is 9.72. The molecule has 0 saturated heterocycles. The van der Waals surface area contributed by atoms with Gasteiger partial charge in [0.25, 0.3) is 0 Å². The molecule has 0 amide bonds. The third kappa shape index (κ3) is 4.00. The van der Waals surface area contributed by atoms with Crippen LogP contribution in [-0.4, -0.2) is 36.5 Å². The van der Waals surface area contributed by atoms with Crippen LogP contribution in [0, 0.1) is 5.92 Å². The van der Waals surface area contributed by atoms with E-state index in [0.29, 0.717) is 12.0 Å². The molecule has 0 rings (SSSR count). The Bertz CT molecular complexity index is 153. The van der Waals surface area contributed by atoms with Crippen molar-refractivity contribution in [1.29, 1.82) is 0 Å². The van der Waals surface area contributed by atoms with Crippen molar-refractivity contribution in [3.05, 3.63) is 0 Å². The molecule has 72 valence electrons. The Kier molecular flexibility index (Phi) is 5.38. The van der Waals surface area contributed by atoms with Gasteiger partial charge in [0.1, 0.15) is 0 Å². The van der Waals surface area contributed by atoms with Gasteiger partial charge in [0.2, 0.25) is 0 Å². The molecule has 0 bridgehead atoms. The van der Waals surface area contributed by atoms with Gasteiger partial charge in [-0.3, -0.25) is 4.99 Å². The van der Waals surface area contributed by atoms with Gasteiger partial charge in [-0.05, 0) is 19.1 Å². The largest absolute Gasteiger partial charge is 0.358 e. The highest BCUT2D eigenvalue weighted by atomic mass is 32.2. The molecule has 0 spiro atoms. The zero-order valence-corrected chi connectivity index (χ0v) is 9.77. The van der Waals surface area contributed by atoms with Crippen LogP contribution in [0.1, 0.15) is 20.8 Å². The highest BCUT2D eigenvalue weighted by Gasteiger charge is 2.07. The molecule has 0 aromatic carbocycles. The van der Waals surface area contributed by atoms with Crippen molar-refractivity contribution < 1.29 is 0 Å². The summed E-state index contributed by atoms with van der Waals surface area (Å²) in [6, 6.07) is 0.412. The summed E-state index contributed by atoms with van der Waals surface area (Å²) < 4.78 is 0. The number of aliphatic imine (C=N–C) groups is 1. The van der Waals surface area contributed by atoms with Gasteiger partial charge in [0.15, 0.2) is 5.17 Å². The van der Waals surface area contributed by atoms with E-state index in [9.17, 15) is 0 Å². The van der Waals surface area contributed by atoms with Crippen LogP contribution in [0.15, 0.2) is 4.99 Å². The molecule has 0 radical (unpaired) electrons. The van der Waals surface area contributed by atoms with E-state index in [4.69, 9.17) is 0 Å². The van der Waals surface area contributed by atoms with Crippen LogP contribution in [0.5, 0.6) is 0 Å². The minimum Gasteiger partial charge on any atom is -0.358 e. The first-order chi connectivity index (χ1) is 5.49. The average molecular weight is 188 g/mol. The second-order valence-electron chi connectivity index (χ2n) is 3.49. The van der Waals surface area contributed by atoms with Gasteiger partial charge in [-0.25, -0.2) is 0 Å². The molecule has 0 aromatic rings. The van der Waals surface area contributed by atoms with Crippen LogP contribution >= 0.6 is 11.8 Å². The fourth-order valence-electron chi connectivity index (χ4n) is 0.674. The molecule has 0 aliphatic heterocycles. The molecular formula is C9H20N2S. The summed E-state index contributed by atoms with van der Waals surface area (Å²) >= 11 is 1.70. The normalized spacial score (nSPS) is 15.1. The lowest BCUT2D eigenvalue weighted by Crippen LogP contribution is -2.21. The Morgan fingerprint density at radius 2 is 1.75 bits per heavy atom. The maximum Gasteiger partial charge on any atom is 0.158 e. The zero-order valence-electron chi connectivity index (χ0n) is 8.96. The molecule has 2 nitrogen and oxygen atoms in total. The maximum absolute atomic E-state index is 4.60. The summed E-state index contributed by atoms with van der Waals surface area (Å²) in [6.07, 6.45) is 2.06. The fraction of sp³-hybridized carbons (Fsp3) is 0.889. The third-order valence-electron chi connectivity index (χ3n) is 1.84. The lowest BCUT2D eigenvalue weighted by Gasteiger charge is -2.17. The molecule has 0 fully saturated rings. The lowest BCUT2D eigenvalue weighted by atomic mass is 10.1. The van der Waals surface area contributed by atoms with Crippen molar-refractivity contribution in [3.63, 3.8) is 0 Å². The Morgan fingerprint density at radius 3 is 2.00 bits per heavy atom. The van der Waals surface area contributed by atoms with Crippen molar-refractivity contribution in [2.24, 2.45) is 10.9 Å². The van der Waals surface area contributed by atoms with E-state index in [1.54, 1.807) is 11.8 Å². The van der Waals surface area contributed by atoms with E-state index in [1.165, 1.54) is 0 Å². The Labute approximate surface area is 80.4 Å². The van der Waals surface area contributed by atoms with Crippen molar-refractivity contribution in [2.75, 3.05) is 20.4 Å². The van der Waals surface area contributed by atoms with E-state index in [0.717, 1.165) is 5.17 Å². The van der Waals surface area contributed by atoms with Crippen molar-refractivity contribution >= 4 is 16.9 Å². The van der Waals surface area contributed by atoms with Crippen LogP contribution in [0.25, 0.3) is 0 Å². The van der Waals surface area contributed by atoms with E-state index in [-0.39, 0.29) is 0 Å². The molecule has 0 aliphatic carbocycles. The second kappa shape index (κ2) is 5.46. The Hall–Kier alpha value is -0.180. The first kappa shape index (κ1) is 11.8. The fourth-order valence-corrected chi connectivity index (χ4v) is 1.31. The summed E-state index contributed by atoms with van der Waals surface area (Å²) in [6.45, 7) is 6.55. The number of amidine groups is 1. The minimum atomic E-state index is 0.412. The first-order valence-electron chi connectivity index (χ1n) is 4.28. The number of nitrogens with zero attached hydrogens (tertiary/aromatic N) is 2. The molecular weight excluding hydrogens is 168 g/mol. The molecule has 12 heavy (non-hydrogen) atoms. The Balaban J connectivity index is 4.27. The lowest BCUT2D eigenvalue weighted by molar-refractivity contribution is 0.520. The van der Waals surface area contributed by atoms with Gasteiger partial charge >= 0.3 is 0 Å². The quantitative estimate of drug-likeness (QED) is 0.488. The standard InChI is InChI=1S/C9H20N2S/c1-7(2)8(3)10-9(12-6)11(4)5/h7-8H,1-6H3/b10-9-/t8-/m0/s1. The number of thioether (sulfide) groups is 1. The summed E-state index contributed by atoms with van der Waals surface area (Å²) in [4.78, 5) is 6.66. The topological polar surface area (TPSA) is 15.6 Å². The van der Waals surface area contributed by atoms with E-state index in [2.05, 4.69) is 36.9 Å². The summed E-state index contributed by atoms with van der Waals surface area (Å²) in [5.41, 5.74) is 0. The van der Waals surface area contributed by atoms with E-state index >= 15 is 0 Å². The number of hydrogen-bond donors (Lipinski definition) is 0. The van der Waals surface area contributed by atoms with Crippen LogP contribution in [0.3, 0.4) is 0 Å². The van der Waals surface area contributed by atoms with Gasteiger partial charge in [-0.1, -0.05) is 25.6 Å². The monoisotopic (exact) mass is 188 g/mol. The first-order valence-corrected chi connectivity index (χ1v) is 5.50. The molecule has 0 aliphatic rings. The number of rotatable bonds is 2. The molecule has 0 saturated carbocycles. The molecule has 0 N–H and O–H groups in total. The molecule has 0 unspecified atom stereocenters. The summed E-state index contributed by atoms with van der Waals surface area (Å²) in [7, 11) is 4.06. The van der Waals surface area contributed by atoms with Crippen LogP contribution in [0.2, 0.25) is 0 Å². The van der Waals surface area contributed by atoms with Gasteiger partial charge in [-0.15, -0.1) is 0 Å². The van der Waals surface area contributed by atoms with E-state index in [1.807, 2.05) is 14.1 Å². The predicted octanol–water partition coefficient (Wildman–Crippen LogP) is 2.31. The summed E-state index contributed by atoms with van der Waals surface area (Å²) in [5, 5.41) is 1.11. The predicted molar refractivity (Wildman–Crippen MR) is 58.9 cm³/mol. The third-order valence-corrected chi connectivity index (χ3v) is 2.68. The van der Waals surface area contributed by atoms with Crippen molar-refractivity contribution in [2.45, 2.75) is 26.8 Å². The van der Waals surface area contributed by atoms with Gasteiger partial charge in [0, 0.05) is 14.1 Å². The smallest absolute Gasteiger partial charge is 0.158 e. The summed E-state index contributed by atoms with van der Waals surface area (Å²) in [5.74, 6) is 0.618. The van der Waals surface area contributed by atoms with Crippen LogP contribution in [-0.2, 0) is 0 Å². The van der Waals surface area contributed by atoms with Crippen molar-refractivity contribution in [3.8, 4) is 0 Å².